The second-order valence-electron chi connectivity index (χ2n) is 4.60. The van der Waals surface area contributed by atoms with Crippen molar-refractivity contribution in [3.63, 3.8) is 0 Å². The van der Waals surface area contributed by atoms with E-state index in [2.05, 4.69) is 21.1 Å². The first-order valence-corrected chi connectivity index (χ1v) is 6.69. The summed E-state index contributed by atoms with van der Waals surface area (Å²) in [5.41, 5.74) is 6.53. The van der Waals surface area contributed by atoms with Gasteiger partial charge in [-0.1, -0.05) is 12.1 Å². The zero-order valence-corrected chi connectivity index (χ0v) is 11.8. The van der Waals surface area contributed by atoms with Crippen LogP contribution in [-0.4, -0.2) is 28.6 Å². The molecule has 7 heteroatoms. The number of hydrogen-bond acceptors (Lipinski definition) is 5. The number of aliphatic hydroxyl groups is 1. The molecule has 1 aliphatic rings. The Hall–Kier alpha value is -3.09. The Labute approximate surface area is 127 Å². The number of rotatable bonds is 4. The maximum absolute atomic E-state index is 9.34. The molecule has 0 saturated carbocycles. The van der Waals surface area contributed by atoms with Gasteiger partial charge in [0, 0.05) is 0 Å². The molecule has 0 amide bonds. The largest absolute Gasteiger partial charge is 0.508 e. The van der Waals surface area contributed by atoms with Crippen molar-refractivity contribution in [2.45, 2.75) is 12.8 Å². The molecule has 0 fully saturated rings. The number of aromatic hydroxyl groups is 1. The smallest absolute Gasteiger partial charge is 0.230 e. The van der Waals surface area contributed by atoms with Gasteiger partial charge in [0.2, 0.25) is 5.96 Å². The first-order chi connectivity index (χ1) is 10.6. The summed E-state index contributed by atoms with van der Waals surface area (Å²) in [7, 11) is 0. The highest BCUT2D eigenvalue weighted by atomic mass is 16.3. The van der Waals surface area contributed by atoms with Crippen molar-refractivity contribution in [3.05, 3.63) is 53.3 Å². The van der Waals surface area contributed by atoms with E-state index < -0.39 is 0 Å². The number of hydrogen-bond donors (Lipinski definition) is 5. The molecule has 1 aliphatic carbocycles. The fraction of sp³-hybridized carbons (Fsp3) is 0.133. The molecule has 1 aromatic carbocycles. The second-order valence-corrected chi connectivity index (χ2v) is 4.60. The van der Waals surface area contributed by atoms with Crippen LogP contribution >= 0.6 is 0 Å². The standard InChI is InChI=1S/C15H17N5O2/c16-15(19-17-9-11-3-1-5-13(21)7-11)20-18-10-12-4-2-6-14(22)8-12/h1,3,5-10,21-22H,2,4H2,(H3,16,19,20)/b17-9+,18-10+. The summed E-state index contributed by atoms with van der Waals surface area (Å²) in [5, 5.41) is 34.0. The molecule has 2 rings (SSSR count). The summed E-state index contributed by atoms with van der Waals surface area (Å²) in [6.07, 6.45) is 7.97. The third-order valence-corrected chi connectivity index (χ3v) is 2.79. The van der Waals surface area contributed by atoms with Gasteiger partial charge in [-0.25, -0.2) is 10.9 Å². The number of hydrazone groups is 2. The average molecular weight is 299 g/mol. The van der Waals surface area contributed by atoms with Crippen LogP contribution in [0.5, 0.6) is 5.75 Å². The molecule has 0 saturated heterocycles. The van der Waals surface area contributed by atoms with Crippen LogP contribution in [0, 0.1) is 5.41 Å². The van der Waals surface area contributed by atoms with E-state index in [1.54, 1.807) is 42.6 Å². The maximum Gasteiger partial charge on any atom is 0.230 e. The van der Waals surface area contributed by atoms with E-state index in [4.69, 9.17) is 5.41 Å². The summed E-state index contributed by atoms with van der Waals surface area (Å²) in [6.45, 7) is 0. The molecule has 0 spiro atoms. The SMILES string of the molecule is N=C(N/N=C/C1=CC(O)=CCC1)N/N=C/c1cccc(O)c1. The van der Waals surface area contributed by atoms with Crippen molar-refractivity contribution in [3.8, 4) is 5.75 Å². The van der Waals surface area contributed by atoms with Crippen LogP contribution < -0.4 is 10.9 Å². The topological polar surface area (TPSA) is 113 Å². The van der Waals surface area contributed by atoms with E-state index in [1.165, 1.54) is 6.21 Å². The average Bonchev–Trinajstić information content (AvgIpc) is 2.47. The zero-order valence-electron chi connectivity index (χ0n) is 11.8. The number of nitrogens with zero attached hydrogens (tertiary/aromatic N) is 2. The van der Waals surface area contributed by atoms with E-state index in [9.17, 15) is 10.2 Å². The van der Waals surface area contributed by atoms with Crippen LogP contribution in [-0.2, 0) is 0 Å². The monoisotopic (exact) mass is 299 g/mol. The molecule has 22 heavy (non-hydrogen) atoms. The van der Waals surface area contributed by atoms with Gasteiger partial charge >= 0.3 is 0 Å². The lowest BCUT2D eigenvalue weighted by Gasteiger charge is -2.06. The first-order valence-electron chi connectivity index (χ1n) is 6.69. The molecule has 7 nitrogen and oxygen atoms in total. The van der Waals surface area contributed by atoms with Gasteiger partial charge in [-0.2, -0.15) is 10.2 Å². The van der Waals surface area contributed by atoms with Crippen LogP contribution in [0.3, 0.4) is 0 Å². The van der Waals surface area contributed by atoms with Crippen molar-refractivity contribution in [1.82, 2.24) is 10.9 Å². The molecule has 0 aromatic heterocycles. The van der Waals surface area contributed by atoms with Crippen LogP contribution in [0.1, 0.15) is 18.4 Å². The predicted molar refractivity (Wildman–Crippen MR) is 86.2 cm³/mol. The lowest BCUT2D eigenvalue weighted by Crippen LogP contribution is -2.29. The van der Waals surface area contributed by atoms with Gasteiger partial charge in [0.1, 0.15) is 11.5 Å². The Morgan fingerprint density at radius 3 is 2.68 bits per heavy atom. The molecule has 0 heterocycles. The van der Waals surface area contributed by atoms with Gasteiger partial charge in [-0.3, -0.25) is 5.41 Å². The van der Waals surface area contributed by atoms with Gasteiger partial charge in [-0.05, 0) is 48.3 Å². The highest BCUT2D eigenvalue weighted by Crippen LogP contribution is 2.13. The molecule has 5 N–H and O–H groups in total. The molecule has 0 radical (unpaired) electrons. The van der Waals surface area contributed by atoms with Gasteiger partial charge < -0.3 is 10.2 Å². The number of nitrogens with one attached hydrogen (secondary N) is 3. The fourth-order valence-electron chi connectivity index (χ4n) is 1.79. The molecule has 0 atom stereocenters. The highest BCUT2D eigenvalue weighted by molar-refractivity contribution is 5.84. The minimum Gasteiger partial charge on any atom is -0.508 e. The number of benzene rings is 1. The summed E-state index contributed by atoms with van der Waals surface area (Å²) in [6, 6.07) is 6.59. The minimum absolute atomic E-state index is 0.0937. The Balaban J connectivity index is 1.77. The number of phenols is 1. The molecule has 0 bridgehead atoms. The van der Waals surface area contributed by atoms with Crippen LogP contribution in [0.25, 0.3) is 0 Å². The van der Waals surface area contributed by atoms with Crippen molar-refractivity contribution in [2.75, 3.05) is 0 Å². The summed E-state index contributed by atoms with van der Waals surface area (Å²) in [4.78, 5) is 0. The van der Waals surface area contributed by atoms with Crippen molar-refractivity contribution in [1.29, 1.82) is 5.41 Å². The molecule has 1 aromatic rings. The number of allylic oxidation sites excluding steroid dienone is 3. The quantitative estimate of drug-likeness (QED) is 0.332. The normalized spacial score (nSPS) is 14.7. The predicted octanol–water partition coefficient (Wildman–Crippen LogP) is 1.99. The van der Waals surface area contributed by atoms with Crippen LogP contribution in [0.4, 0.5) is 0 Å². The summed E-state index contributed by atoms with van der Waals surface area (Å²) < 4.78 is 0. The lowest BCUT2D eigenvalue weighted by molar-refractivity contribution is 0.426. The Bertz CT molecular complexity index is 662. The molecule has 0 unspecified atom stereocenters. The van der Waals surface area contributed by atoms with E-state index >= 15 is 0 Å². The molecular formula is C15H17N5O2. The second kappa shape index (κ2) is 7.63. The maximum atomic E-state index is 9.34. The van der Waals surface area contributed by atoms with E-state index in [0.29, 0.717) is 5.56 Å². The minimum atomic E-state index is -0.0937. The third-order valence-electron chi connectivity index (χ3n) is 2.79. The van der Waals surface area contributed by atoms with Crippen molar-refractivity contribution in [2.24, 2.45) is 10.2 Å². The molecule has 0 aliphatic heterocycles. The Morgan fingerprint density at radius 2 is 1.95 bits per heavy atom. The first kappa shape index (κ1) is 15.3. The summed E-state index contributed by atoms with van der Waals surface area (Å²) >= 11 is 0. The van der Waals surface area contributed by atoms with Crippen LogP contribution in [0.2, 0.25) is 0 Å². The molecular weight excluding hydrogens is 282 g/mol. The number of phenolic OH excluding ortho intramolecular Hbond substituents is 1. The van der Waals surface area contributed by atoms with Crippen molar-refractivity contribution >= 4 is 18.4 Å². The molecule has 114 valence electrons. The lowest BCUT2D eigenvalue weighted by atomic mass is 10.1. The third kappa shape index (κ3) is 5.12. The van der Waals surface area contributed by atoms with Gasteiger partial charge in [0.25, 0.3) is 0 Å². The van der Waals surface area contributed by atoms with Crippen LogP contribution in [0.15, 0.2) is 58.0 Å². The van der Waals surface area contributed by atoms with E-state index in [0.717, 1.165) is 18.4 Å². The van der Waals surface area contributed by atoms with Crippen molar-refractivity contribution < 1.29 is 10.2 Å². The van der Waals surface area contributed by atoms with Gasteiger partial charge in [0.05, 0.1) is 12.4 Å². The highest BCUT2D eigenvalue weighted by Gasteiger charge is 2.01. The van der Waals surface area contributed by atoms with E-state index in [-0.39, 0.29) is 17.5 Å². The number of aliphatic hydroxyl groups excluding tert-OH is 1. The zero-order chi connectivity index (χ0) is 15.8. The van der Waals surface area contributed by atoms with Gasteiger partial charge in [-0.15, -0.1) is 0 Å². The fourth-order valence-corrected chi connectivity index (χ4v) is 1.79. The van der Waals surface area contributed by atoms with Gasteiger partial charge in [0.15, 0.2) is 0 Å². The Kier molecular flexibility index (Phi) is 5.31. The Morgan fingerprint density at radius 1 is 1.18 bits per heavy atom. The van der Waals surface area contributed by atoms with E-state index in [1.807, 2.05) is 0 Å². The summed E-state index contributed by atoms with van der Waals surface area (Å²) in [5.74, 6) is 0.292. The number of guanidine groups is 1.